The van der Waals surface area contributed by atoms with Crippen molar-refractivity contribution in [3.05, 3.63) is 24.0 Å². The molecule has 3 N–H and O–H groups in total. The van der Waals surface area contributed by atoms with Gasteiger partial charge in [0.05, 0.1) is 18.7 Å². The Balaban J connectivity index is 2.00. The minimum Gasteiger partial charge on any atom is -0.488 e. The number of carbonyl (C=O) groups excluding carboxylic acids is 1. The van der Waals surface area contributed by atoms with Crippen LogP contribution in [0.3, 0.4) is 0 Å². The van der Waals surface area contributed by atoms with E-state index in [0.717, 1.165) is 0 Å². The van der Waals surface area contributed by atoms with Crippen LogP contribution in [0, 0.1) is 5.82 Å². The Labute approximate surface area is 135 Å². The number of amides is 1. The van der Waals surface area contributed by atoms with E-state index in [1.165, 1.54) is 23.1 Å². The average molecular weight is 326 g/mol. The van der Waals surface area contributed by atoms with Crippen molar-refractivity contribution in [1.29, 1.82) is 0 Å². The van der Waals surface area contributed by atoms with Crippen LogP contribution in [0.1, 0.15) is 27.2 Å². The Morgan fingerprint density at radius 2 is 2.17 bits per heavy atom. The standard InChI is InChI=1S/C16H23FN2O4/c1-16(2,3)23-15(21)19-8-12(20)7-11(19)9-22-14-5-4-10(18)6-13(14)17/h4-6,11-12,20H,7-9,18H2,1-3H3/t11-,12+/m0/s1. The molecule has 1 amide bonds. The van der Waals surface area contributed by atoms with Gasteiger partial charge in [0.15, 0.2) is 11.6 Å². The van der Waals surface area contributed by atoms with E-state index in [1.54, 1.807) is 20.8 Å². The smallest absolute Gasteiger partial charge is 0.410 e. The third-order valence-corrected chi connectivity index (χ3v) is 3.41. The van der Waals surface area contributed by atoms with Crippen molar-refractivity contribution in [2.24, 2.45) is 0 Å². The van der Waals surface area contributed by atoms with Crippen LogP contribution in [-0.4, -0.2) is 47.0 Å². The second-order valence-corrected chi connectivity index (χ2v) is 6.68. The number of benzene rings is 1. The third-order valence-electron chi connectivity index (χ3n) is 3.41. The summed E-state index contributed by atoms with van der Waals surface area (Å²) >= 11 is 0. The van der Waals surface area contributed by atoms with E-state index in [1.807, 2.05) is 0 Å². The molecule has 1 aromatic rings. The van der Waals surface area contributed by atoms with Crippen LogP contribution in [0.5, 0.6) is 5.75 Å². The number of aliphatic hydroxyl groups excluding tert-OH is 1. The molecule has 1 aromatic carbocycles. The van der Waals surface area contributed by atoms with Crippen LogP contribution in [0.25, 0.3) is 0 Å². The summed E-state index contributed by atoms with van der Waals surface area (Å²) < 4.78 is 24.5. The first kappa shape index (κ1) is 17.3. The van der Waals surface area contributed by atoms with E-state index in [-0.39, 0.29) is 24.9 Å². The fourth-order valence-corrected chi connectivity index (χ4v) is 2.41. The van der Waals surface area contributed by atoms with Crippen molar-refractivity contribution in [3.63, 3.8) is 0 Å². The molecule has 0 unspecified atom stereocenters. The molecule has 0 radical (unpaired) electrons. The van der Waals surface area contributed by atoms with E-state index >= 15 is 0 Å². The van der Waals surface area contributed by atoms with Gasteiger partial charge in [0.25, 0.3) is 0 Å². The lowest BCUT2D eigenvalue weighted by Crippen LogP contribution is -2.42. The molecule has 0 bridgehead atoms. The summed E-state index contributed by atoms with van der Waals surface area (Å²) in [6, 6.07) is 3.77. The van der Waals surface area contributed by atoms with Gasteiger partial charge in [-0.1, -0.05) is 0 Å². The van der Waals surface area contributed by atoms with E-state index < -0.39 is 23.6 Å². The maximum atomic E-state index is 13.7. The molecule has 0 spiro atoms. The van der Waals surface area contributed by atoms with Crippen molar-refractivity contribution < 1.29 is 23.8 Å². The number of nitrogen functional groups attached to an aromatic ring is 1. The van der Waals surface area contributed by atoms with Gasteiger partial charge < -0.3 is 20.3 Å². The fraction of sp³-hybridized carbons (Fsp3) is 0.562. The highest BCUT2D eigenvalue weighted by Crippen LogP contribution is 2.24. The minimum absolute atomic E-state index is 0.0599. The van der Waals surface area contributed by atoms with Crippen LogP contribution >= 0.6 is 0 Å². The molecule has 23 heavy (non-hydrogen) atoms. The lowest BCUT2D eigenvalue weighted by Gasteiger charge is -2.28. The summed E-state index contributed by atoms with van der Waals surface area (Å²) in [5, 5.41) is 9.81. The first-order chi connectivity index (χ1) is 10.7. The number of anilines is 1. The number of halogens is 1. The average Bonchev–Trinajstić information content (AvgIpc) is 2.77. The molecule has 1 heterocycles. The maximum absolute atomic E-state index is 13.7. The third kappa shape index (κ3) is 4.72. The topological polar surface area (TPSA) is 85.0 Å². The molecule has 1 aliphatic rings. The molecule has 1 aliphatic heterocycles. The van der Waals surface area contributed by atoms with Crippen LogP contribution in [0.2, 0.25) is 0 Å². The van der Waals surface area contributed by atoms with Crippen molar-refractivity contribution in [3.8, 4) is 5.75 Å². The van der Waals surface area contributed by atoms with Crippen molar-refractivity contribution in [2.75, 3.05) is 18.9 Å². The first-order valence-corrected chi connectivity index (χ1v) is 7.51. The lowest BCUT2D eigenvalue weighted by molar-refractivity contribution is 0.0172. The molecule has 1 fully saturated rings. The first-order valence-electron chi connectivity index (χ1n) is 7.51. The van der Waals surface area contributed by atoms with Crippen LogP contribution in [0.15, 0.2) is 18.2 Å². The zero-order valence-corrected chi connectivity index (χ0v) is 13.6. The largest absolute Gasteiger partial charge is 0.488 e. The minimum atomic E-state index is -0.646. The second kappa shape index (κ2) is 6.62. The predicted molar refractivity (Wildman–Crippen MR) is 83.7 cm³/mol. The summed E-state index contributed by atoms with van der Waals surface area (Å²) in [4.78, 5) is 13.6. The summed E-state index contributed by atoms with van der Waals surface area (Å²) in [5.74, 6) is -0.503. The Kier molecular flexibility index (Phi) is 4.99. The number of hydrogen-bond acceptors (Lipinski definition) is 5. The number of hydrogen-bond donors (Lipinski definition) is 2. The van der Waals surface area contributed by atoms with E-state index in [2.05, 4.69) is 0 Å². The molecule has 2 rings (SSSR count). The van der Waals surface area contributed by atoms with Gasteiger partial charge in [0.2, 0.25) is 0 Å². The number of carbonyl (C=O) groups is 1. The number of ether oxygens (including phenoxy) is 2. The van der Waals surface area contributed by atoms with Gasteiger partial charge in [-0.2, -0.15) is 0 Å². The number of aliphatic hydroxyl groups is 1. The van der Waals surface area contributed by atoms with Gasteiger partial charge in [0.1, 0.15) is 12.2 Å². The Hall–Kier alpha value is -2.02. The fourth-order valence-electron chi connectivity index (χ4n) is 2.41. The molecular formula is C16H23FN2O4. The van der Waals surface area contributed by atoms with Gasteiger partial charge in [-0.05, 0) is 39.3 Å². The lowest BCUT2D eigenvalue weighted by atomic mass is 10.2. The molecule has 0 aromatic heterocycles. The SMILES string of the molecule is CC(C)(C)OC(=O)N1C[C@H](O)C[C@H]1COc1ccc(N)cc1F. The highest BCUT2D eigenvalue weighted by atomic mass is 19.1. The molecular weight excluding hydrogens is 303 g/mol. The van der Waals surface area contributed by atoms with Crippen LogP contribution < -0.4 is 10.5 Å². The van der Waals surface area contributed by atoms with E-state index in [4.69, 9.17) is 15.2 Å². The Morgan fingerprint density at radius 3 is 2.78 bits per heavy atom. The number of nitrogens with two attached hydrogens (primary N) is 1. The van der Waals surface area contributed by atoms with E-state index in [9.17, 15) is 14.3 Å². The van der Waals surface area contributed by atoms with Gasteiger partial charge in [-0.15, -0.1) is 0 Å². The zero-order valence-electron chi connectivity index (χ0n) is 13.6. The van der Waals surface area contributed by atoms with Gasteiger partial charge in [-0.25, -0.2) is 9.18 Å². The monoisotopic (exact) mass is 326 g/mol. The molecule has 0 saturated carbocycles. The molecule has 128 valence electrons. The molecule has 2 atom stereocenters. The van der Waals surface area contributed by atoms with Crippen molar-refractivity contribution in [1.82, 2.24) is 4.90 Å². The zero-order chi connectivity index (χ0) is 17.2. The normalized spacial score (nSPS) is 21.3. The van der Waals surface area contributed by atoms with Gasteiger partial charge >= 0.3 is 6.09 Å². The maximum Gasteiger partial charge on any atom is 0.410 e. The number of nitrogens with zero attached hydrogens (tertiary/aromatic N) is 1. The highest BCUT2D eigenvalue weighted by Gasteiger charge is 2.37. The van der Waals surface area contributed by atoms with Gasteiger partial charge in [-0.3, -0.25) is 4.90 Å². The predicted octanol–water partition coefficient (Wildman–Crippen LogP) is 2.16. The number of rotatable bonds is 3. The Morgan fingerprint density at radius 1 is 1.48 bits per heavy atom. The number of β-amino-alcohol motifs (C(OH)–C–C–N with tert-alkyl or cyclic N) is 1. The van der Waals surface area contributed by atoms with Crippen molar-refractivity contribution >= 4 is 11.8 Å². The quantitative estimate of drug-likeness (QED) is 0.832. The summed E-state index contributed by atoms with van der Waals surface area (Å²) in [6.45, 7) is 5.55. The Bertz CT molecular complexity index is 574. The van der Waals surface area contributed by atoms with Crippen LogP contribution in [-0.2, 0) is 4.74 Å². The second-order valence-electron chi connectivity index (χ2n) is 6.68. The molecule has 6 nitrogen and oxygen atoms in total. The van der Waals surface area contributed by atoms with E-state index in [0.29, 0.717) is 12.1 Å². The van der Waals surface area contributed by atoms with Crippen molar-refractivity contribution in [2.45, 2.75) is 44.9 Å². The number of likely N-dealkylation sites (tertiary alicyclic amines) is 1. The van der Waals surface area contributed by atoms with Gasteiger partial charge in [0, 0.05) is 11.8 Å². The summed E-state index contributed by atoms with van der Waals surface area (Å²) in [7, 11) is 0. The summed E-state index contributed by atoms with van der Waals surface area (Å²) in [6.07, 6.45) is -0.802. The highest BCUT2D eigenvalue weighted by molar-refractivity contribution is 5.69. The summed E-state index contributed by atoms with van der Waals surface area (Å²) in [5.41, 5.74) is 5.17. The molecule has 1 saturated heterocycles. The molecule has 7 heteroatoms. The van der Waals surface area contributed by atoms with Crippen LogP contribution in [0.4, 0.5) is 14.9 Å². The molecule has 0 aliphatic carbocycles.